The van der Waals surface area contributed by atoms with Crippen molar-refractivity contribution in [2.45, 2.75) is 11.8 Å². The van der Waals surface area contributed by atoms with Crippen molar-refractivity contribution in [1.29, 1.82) is 5.26 Å². The van der Waals surface area contributed by atoms with E-state index in [-0.39, 0.29) is 5.56 Å². The number of hydrogen-bond donors (Lipinski definition) is 1. The number of benzene rings is 1. The maximum atomic E-state index is 13.7. The van der Waals surface area contributed by atoms with Gasteiger partial charge in [-0.25, -0.2) is 4.39 Å². The van der Waals surface area contributed by atoms with E-state index >= 15 is 0 Å². The van der Waals surface area contributed by atoms with Gasteiger partial charge in [-0.05, 0) is 11.6 Å². The highest BCUT2D eigenvalue weighted by molar-refractivity contribution is 7.98. The molecule has 1 unspecified atom stereocenters. The van der Waals surface area contributed by atoms with Gasteiger partial charge in [0.05, 0.1) is 12.7 Å². The van der Waals surface area contributed by atoms with E-state index in [2.05, 4.69) is 4.74 Å². The van der Waals surface area contributed by atoms with Crippen LogP contribution in [0.4, 0.5) is 4.39 Å². The Labute approximate surface area is 109 Å². The Morgan fingerprint density at radius 1 is 1.67 bits per heavy atom. The second kappa shape index (κ2) is 6.99. The molecule has 18 heavy (non-hydrogen) atoms. The lowest BCUT2D eigenvalue weighted by molar-refractivity contribution is -0.141. The number of nitrogens with two attached hydrogens (primary N) is 1. The molecule has 1 atom stereocenters. The molecule has 0 amide bonds. The van der Waals surface area contributed by atoms with Crippen LogP contribution >= 0.6 is 11.8 Å². The average Bonchev–Trinajstić information content (AvgIpc) is 2.39. The van der Waals surface area contributed by atoms with Gasteiger partial charge >= 0.3 is 5.97 Å². The van der Waals surface area contributed by atoms with Gasteiger partial charge in [0.25, 0.3) is 0 Å². The molecule has 1 aromatic rings. The zero-order valence-corrected chi connectivity index (χ0v) is 10.7. The third-order valence-electron chi connectivity index (χ3n) is 2.26. The molecule has 0 aliphatic rings. The van der Waals surface area contributed by atoms with Crippen molar-refractivity contribution >= 4 is 17.7 Å². The van der Waals surface area contributed by atoms with E-state index in [1.165, 1.54) is 24.9 Å². The lowest BCUT2D eigenvalue weighted by Crippen LogP contribution is -2.33. The van der Waals surface area contributed by atoms with Crippen LogP contribution in [0, 0.1) is 17.1 Å². The van der Waals surface area contributed by atoms with Crippen LogP contribution < -0.4 is 5.73 Å². The van der Waals surface area contributed by atoms with Crippen molar-refractivity contribution in [2.75, 3.05) is 12.9 Å². The van der Waals surface area contributed by atoms with Gasteiger partial charge in [-0.3, -0.25) is 4.79 Å². The first-order chi connectivity index (χ1) is 8.60. The number of nitriles is 1. The summed E-state index contributed by atoms with van der Waals surface area (Å²) in [5, 5.41) is 8.68. The van der Waals surface area contributed by atoms with E-state index in [4.69, 9.17) is 11.0 Å². The van der Waals surface area contributed by atoms with Crippen LogP contribution in [0.2, 0.25) is 0 Å². The first-order valence-corrected chi connectivity index (χ1v) is 6.34. The summed E-state index contributed by atoms with van der Waals surface area (Å²) in [5.41, 5.74) is 5.99. The van der Waals surface area contributed by atoms with Gasteiger partial charge in [-0.2, -0.15) is 17.0 Å². The smallest absolute Gasteiger partial charge is 0.323 e. The number of carbonyl (C=O) groups excluding carboxylic acids is 1. The molecular weight excluding hydrogens is 255 g/mol. The third-order valence-corrected chi connectivity index (χ3v) is 3.37. The minimum atomic E-state index is -0.720. The Hall–Kier alpha value is -1.58. The topological polar surface area (TPSA) is 76.1 Å². The Morgan fingerprint density at radius 3 is 3.00 bits per heavy atom. The van der Waals surface area contributed by atoms with E-state index in [1.54, 1.807) is 18.2 Å². The van der Waals surface area contributed by atoms with Crippen LogP contribution in [0.1, 0.15) is 11.1 Å². The van der Waals surface area contributed by atoms with E-state index in [0.717, 1.165) is 0 Å². The molecule has 96 valence electrons. The first kappa shape index (κ1) is 14.5. The zero-order valence-electron chi connectivity index (χ0n) is 9.85. The first-order valence-electron chi connectivity index (χ1n) is 5.18. The molecule has 1 aromatic carbocycles. The second-order valence-electron chi connectivity index (χ2n) is 3.54. The molecule has 0 aliphatic heterocycles. The molecule has 0 aliphatic carbocycles. The maximum absolute atomic E-state index is 13.7. The molecule has 0 aromatic heterocycles. The van der Waals surface area contributed by atoms with Crippen molar-refractivity contribution in [1.82, 2.24) is 0 Å². The molecule has 0 radical (unpaired) electrons. The summed E-state index contributed by atoms with van der Waals surface area (Å²) in [6, 6.07) is 5.71. The van der Waals surface area contributed by atoms with E-state index in [0.29, 0.717) is 17.1 Å². The van der Waals surface area contributed by atoms with Crippen molar-refractivity contribution in [3.05, 3.63) is 35.1 Å². The number of rotatable bonds is 5. The summed E-state index contributed by atoms with van der Waals surface area (Å²) < 4.78 is 18.1. The van der Waals surface area contributed by atoms with Crippen molar-refractivity contribution < 1.29 is 13.9 Å². The summed E-state index contributed by atoms with van der Waals surface area (Å²) in [5.74, 6) is -0.317. The monoisotopic (exact) mass is 268 g/mol. The Balaban J connectivity index is 2.55. The quantitative estimate of drug-likeness (QED) is 0.817. The fourth-order valence-electron chi connectivity index (χ4n) is 1.29. The SMILES string of the molecule is COC(=O)C(N)CSCc1cccc(C#N)c1F. The fourth-order valence-corrected chi connectivity index (χ4v) is 2.24. The molecule has 0 saturated heterocycles. The van der Waals surface area contributed by atoms with Crippen LogP contribution in [0.5, 0.6) is 0 Å². The van der Waals surface area contributed by atoms with Gasteiger partial charge in [0.1, 0.15) is 17.9 Å². The van der Waals surface area contributed by atoms with Crippen LogP contribution in [-0.4, -0.2) is 24.9 Å². The molecule has 0 bridgehead atoms. The van der Waals surface area contributed by atoms with Crippen molar-refractivity contribution in [3.63, 3.8) is 0 Å². The van der Waals surface area contributed by atoms with Crippen molar-refractivity contribution in [2.24, 2.45) is 5.73 Å². The summed E-state index contributed by atoms with van der Waals surface area (Å²) in [6.45, 7) is 0. The summed E-state index contributed by atoms with van der Waals surface area (Å²) in [7, 11) is 1.27. The molecule has 0 spiro atoms. The molecule has 0 heterocycles. The molecule has 0 saturated carbocycles. The molecule has 4 nitrogen and oxygen atoms in total. The average molecular weight is 268 g/mol. The fraction of sp³-hybridized carbons (Fsp3) is 0.333. The standard InChI is InChI=1S/C12H13FN2O2S/c1-17-12(16)10(15)7-18-6-9-4-2-3-8(5-14)11(9)13/h2-4,10H,6-7,15H2,1H3. The summed E-state index contributed by atoms with van der Waals surface area (Å²) in [6.07, 6.45) is 0. The predicted octanol–water partition coefficient (Wildman–Crippen LogP) is 1.43. The molecule has 6 heteroatoms. The molecule has 2 N–H and O–H groups in total. The lowest BCUT2D eigenvalue weighted by Gasteiger charge is -2.09. The predicted molar refractivity (Wildman–Crippen MR) is 67.3 cm³/mol. The number of nitrogens with zero attached hydrogens (tertiary/aromatic N) is 1. The number of ether oxygens (including phenoxy) is 1. The summed E-state index contributed by atoms with van der Waals surface area (Å²) in [4.78, 5) is 11.0. The summed E-state index contributed by atoms with van der Waals surface area (Å²) >= 11 is 1.32. The number of thioether (sulfide) groups is 1. The Morgan fingerprint density at radius 2 is 2.39 bits per heavy atom. The molecular formula is C12H13FN2O2S. The normalized spacial score (nSPS) is 11.7. The molecule has 1 rings (SSSR count). The van der Waals surface area contributed by atoms with Crippen LogP contribution in [-0.2, 0) is 15.3 Å². The second-order valence-corrected chi connectivity index (χ2v) is 4.57. The minimum Gasteiger partial charge on any atom is -0.468 e. The Kier molecular flexibility index (Phi) is 5.62. The van der Waals surface area contributed by atoms with E-state index in [1.807, 2.05) is 0 Å². The van der Waals surface area contributed by atoms with Gasteiger partial charge in [0, 0.05) is 11.5 Å². The minimum absolute atomic E-state index is 0.0189. The van der Waals surface area contributed by atoms with E-state index in [9.17, 15) is 9.18 Å². The number of esters is 1. The van der Waals surface area contributed by atoms with Gasteiger partial charge in [-0.15, -0.1) is 0 Å². The number of carbonyl (C=O) groups is 1. The number of hydrogen-bond acceptors (Lipinski definition) is 5. The van der Waals surface area contributed by atoms with Gasteiger partial charge in [0.2, 0.25) is 0 Å². The highest BCUT2D eigenvalue weighted by Crippen LogP contribution is 2.18. The van der Waals surface area contributed by atoms with Gasteiger partial charge in [-0.1, -0.05) is 12.1 Å². The molecule has 0 fully saturated rings. The van der Waals surface area contributed by atoms with Crippen LogP contribution in [0.3, 0.4) is 0 Å². The third kappa shape index (κ3) is 3.72. The van der Waals surface area contributed by atoms with E-state index < -0.39 is 17.8 Å². The van der Waals surface area contributed by atoms with Crippen LogP contribution in [0.25, 0.3) is 0 Å². The largest absolute Gasteiger partial charge is 0.468 e. The van der Waals surface area contributed by atoms with Crippen LogP contribution in [0.15, 0.2) is 18.2 Å². The zero-order chi connectivity index (χ0) is 13.5. The Bertz CT molecular complexity index is 474. The number of halogens is 1. The lowest BCUT2D eigenvalue weighted by atomic mass is 10.1. The van der Waals surface area contributed by atoms with Gasteiger partial charge < -0.3 is 10.5 Å². The van der Waals surface area contributed by atoms with Gasteiger partial charge in [0.15, 0.2) is 0 Å². The highest BCUT2D eigenvalue weighted by Gasteiger charge is 2.14. The maximum Gasteiger partial charge on any atom is 0.323 e. The highest BCUT2D eigenvalue weighted by atomic mass is 32.2. The van der Waals surface area contributed by atoms with Crippen molar-refractivity contribution in [3.8, 4) is 6.07 Å². The number of methoxy groups -OCH3 is 1.